The zero-order chi connectivity index (χ0) is 17.1. The highest BCUT2D eigenvalue weighted by Crippen LogP contribution is 2.38. The van der Waals surface area contributed by atoms with E-state index in [1.54, 1.807) is 24.3 Å². The Morgan fingerprint density at radius 1 is 1.08 bits per heavy atom. The van der Waals surface area contributed by atoms with Gasteiger partial charge in [0.05, 0.1) is 10.6 Å². The zero-order valence-electron chi connectivity index (χ0n) is 13.0. The predicted molar refractivity (Wildman–Crippen MR) is 88.1 cm³/mol. The number of fused-ring (bicyclic) bond motifs is 1. The number of halogens is 1. The molecule has 0 aliphatic carbocycles. The van der Waals surface area contributed by atoms with Gasteiger partial charge in [0.1, 0.15) is 13.2 Å². The van der Waals surface area contributed by atoms with E-state index in [0.29, 0.717) is 30.3 Å². The van der Waals surface area contributed by atoms with Crippen LogP contribution in [0.2, 0.25) is 5.02 Å². The quantitative estimate of drug-likeness (QED) is 0.626. The molecule has 0 radical (unpaired) electrons. The number of ether oxygens (including phenoxy) is 3. The normalized spacial score (nSPS) is 13.9. The van der Waals surface area contributed by atoms with Crippen LogP contribution in [-0.2, 0) is 4.74 Å². The lowest BCUT2D eigenvalue weighted by atomic mass is 10.1. The van der Waals surface area contributed by atoms with Crippen LogP contribution in [0, 0.1) is 0 Å². The Balaban J connectivity index is 1.75. The van der Waals surface area contributed by atoms with Crippen molar-refractivity contribution in [3.05, 3.63) is 58.6 Å². The van der Waals surface area contributed by atoms with E-state index in [4.69, 9.17) is 25.8 Å². The molecule has 0 amide bonds. The lowest BCUT2D eigenvalue weighted by molar-refractivity contribution is 0.0318. The van der Waals surface area contributed by atoms with Gasteiger partial charge in [-0.3, -0.25) is 4.79 Å². The number of Topliss-reactive ketones (excluding diaryl/α,β-unsaturated/α-hetero) is 1. The molecule has 24 heavy (non-hydrogen) atoms. The van der Waals surface area contributed by atoms with Gasteiger partial charge in [-0.05, 0) is 19.1 Å². The average Bonchev–Trinajstić information content (AvgIpc) is 2.61. The number of rotatable bonds is 4. The fourth-order valence-corrected chi connectivity index (χ4v) is 2.61. The van der Waals surface area contributed by atoms with Crippen LogP contribution in [0.3, 0.4) is 0 Å². The Kier molecular flexibility index (Phi) is 4.71. The number of esters is 1. The summed E-state index contributed by atoms with van der Waals surface area (Å²) in [5.74, 6) is -0.117. The Morgan fingerprint density at radius 2 is 1.79 bits per heavy atom. The molecule has 0 bridgehead atoms. The van der Waals surface area contributed by atoms with Crippen LogP contribution in [0.5, 0.6) is 11.5 Å². The first-order chi connectivity index (χ1) is 11.6. The van der Waals surface area contributed by atoms with Gasteiger partial charge >= 0.3 is 5.97 Å². The van der Waals surface area contributed by atoms with Gasteiger partial charge < -0.3 is 14.2 Å². The van der Waals surface area contributed by atoms with Crippen LogP contribution in [0.4, 0.5) is 0 Å². The molecule has 0 unspecified atom stereocenters. The molecular formula is C18H15ClO5. The minimum atomic E-state index is -0.910. The van der Waals surface area contributed by atoms with E-state index in [9.17, 15) is 9.59 Å². The lowest BCUT2D eigenvalue weighted by Gasteiger charge is -2.20. The minimum Gasteiger partial charge on any atom is -0.486 e. The standard InChI is InChI=1S/C18H15ClO5/c1-11(16(20)12-5-3-2-4-6-12)24-18(21)13-9-14(19)17-15(10-13)22-7-8-23-17/h2-6,9-11H,7-8H2,1H3/t11-/m1/s1. The number of hydrogen-bond acceptors (Lipinski definition) is 5. The summed E-state index contributed by atoms with van der Waals surface area (Å²) < 4.78 is 16.1. The van der Waals surface area contributed by atoms with Crippen molar-refractivity contribution >= 4 is 23.4 Å². The summed E-state index contributed by atoms with van der Waals surface area (Å²) in [6.07, 6.45) is -0.910. The van der Waals surface area contributed by atoms with E-state index in [0.717, 1.165) is 0 Å². The van der Waals surface area contributed by atoms with Crippen molar-refractivity contribution in [1.82, 2.24) is 0 Å². The predicted octanol–water partition coefficient (Wildman–Crippen LogP) is 3.54. The highest BCUT2D eigenvalue weighted by atomic mass is 35.5. The van der Waals surface area contributed by atoms with Crippen LogP contribution in [-0.4, -0.2) is 31.1 Å². The van der Waals surface area contributed by atoms with E-state index in [2.05, 4.69) is 0 Å². The summed E-state index contributed by atoms with van der Waals surface area (Å²) in [4.78, 5) is 24.6. The monoisotopic (exact) mass is 346 g/mol. The van der Waals surface area contributed by atoms with Crippen molar-refractivity contribution in [2.24, 2.45) is 0 Å². The first-order valence-electron chi connectivity index (χ1n) is 7.45. The Bertz CT molecular complexity index is 772. The van der Waals surface area contributed by atoms with Crippen molar-refractivity contribution in [3.8, 4) is 11.5 Å². The fourth-order valence-electron chi connectivity index (χ4n) is 2.35. The summed E-state index contributed by atoms with van der Waals surface area (Å²) in [6, 6.07) is 11.6. The average molecular weight is 347 g/mol. The van der Waals surface area contributed by atoms with Crippen molar-refractivity contribution in [3.63, 3.8) is 0 Å². The first kappa shape index (κ1) is 16.3. The van der Waals surface area contributed by atoms with Crippen molar-refractivity contribution < 1.29 is 23.8 Å². The van der Waals surface area contributed by atoms with Gasteiger partial charge in [0.25, 0.3) is 0 Å². The molecule has 3 rings (SSSR count). The molecule has 1 aliphatic rings. The summed E-state index contributed by atoms with van der Waals surface area (Å²) in [7, 11) is 0. The lowest BCUT2D eigenvalue weighted by Crippen LogP contribution is -2.24. The second-order valence-electron chi connectivity index (χ2n) is 5.26. The minimum absolute atomic E-state index is 0.206. The van der Waals surface area contributed by atoms with Crippen LogP contribution in [0.15, 0.2) is 42.5 Å². The van der Waals surface area contributed by atoms with Crippen LogP contribution < -0.4 is 9.47 Å². The molecule has 1 heterocycles. The Hall–Kier alpha value is -2.53. The topological polar surface area (TPSA) is 61.8 Å². The van der Waals surface area contributed by atoms with E-state index in [1.165, 1.54) is 19.1 Å². The molecular weight excluding hydrogens is 332 g/mol. The number of ketones is 1. The molecule has 0 aromatic heterocycles. The van der Waals surface area contributed by atoms with Crippen molar-refractivity contribution in [2.75, 3.05) is 13.2 Å². The largest absolute Gasteiger partial charge is 0.486 e. The van der Waals surface area contributed by atoms with Gasteiger partial charge in [0.15, 0.2) is 17.6 Å². The van der Waals surface area contributed by atoms with Crippen molar-refractivity contribution in [1.29, 1.82) is 0 Å². The molecule has 2 aromatic carbocycles. The van der Waals surface area contributed by atoms with E-state index < -0.39 is 12.1 Å². The number of benzene rings is 2. The highest BCUT2D eigenvalue weighted by molar-refractivity contribution is 6.32. The maximum absolute atomic E-state index is 12.3. The second kappa shape index (κ2) is 6.93. The maximum atomic E-state index is 12.3. The second-order valence-corrected chi connectivity index (χ2v) is 5.67. The molecule has 0 N–H and O–H groups in total. The summed E-state index contributed by atoms with van der Waals surface area (Å²) in [5.41, 5.74) is 0.690. The van der Waals surface area contributed by atoms with Gasteiger partial charge in [-0.1, -0.05) is 41.9 Å². The third-order valence-electron chi connectivity index (χ3n) is 3.54. The van der Waals surface area contributed by atoms with Crippen LogP contribution in [0.25, 0.3) is 0 Å². The number of carbonyl (C=O) groups excluding carboxylic acids is 2. The Labute approximate surface area is 144 Å². The number of hydrogen-bond donors (Lipinski definition) is 0. The zero-order valence-corrected chi connectivity index (χ0v) is 13.7. The number of carbonyl (C=O) groups is 2. The van der Waals surface area contributed by atoms with Gasteiger partial charge in [0.2, 0.25) is 5.78 Å². The SMILES string of the molecule is C[C@@H](OC(=O)c1cc(Cl)c2c(c1)OCCO2)C(=O)c1ccccc1. The molecule has 6 heteroatoms. The van der Waals surface area contributed by atoms with E-state index >= 15 is 0 Å². The maximum Gasteiger partial charge on any atom is 0.339 e. The summed E-state index contributed by atoms with van der Waals surface area (Å²) in [6.45, 7) is 2.32. The van der Waals surface area contributed by atoms with E-state index in [1.807, 2.05) is 6.07 Å². The van der Waals surface area contributed by atoms with Gasteiger partial charge in [-0.15, -0.1) is 0 Å². The van der Waals surface area contributed by atoms with Crippen molar-refractivity contribution in [2.45, 2.75) is 13.0 Å². The van der Waals surface area contributed by atoms with Gasteiger partial charge in [-0.25, -0.2) is 4.79 Å². The molecule has 5 nitrogen and oxygen atoms in total. The van der Waals surface area contributed by atoms with Crippen LogP contribution in [0.1, 0.15) is 27.6 Å². The van der Waals surface area contributed by atoms with Crippen LogP contribution >= 0.6 is 11.6 Å². The molecule has 124 valence electrons. The Morgan fingerprint density at radius 3 is 2.54 bits per heavy atom. The highest BCUT2D eigenvalue weighted by Gasteiger charge is 2.23. The first-order valence-corrected chi connectivity index (χ1v) is 7.83. The molecule has 0 saturated carbocycles. The fraction of sp³-hybridized carbons (Fsp3) is 0.222. The third-order valence-corrected chi connectivity index (χ3v) is 3.82. The molecule has 1 aliphatic heterocycles. The van der Waals surface area contributed by atoms with E-state index in [-0.39, 0.29) is 16.4 Å². The van der Waals surface area contributed by atoms with Gasteiger partial charge in [-0.2, -0.15) is 0 Å². The smallest absolute Gasteiger partial charge is 0.339 e. The summed E-state index contributed by atoms with van der Waals surface area (Å²) >= 11 is 6.11. The molecule has 1 atom stereocenters. The molecule has 0 fully saturated rings. The molecule has 2 aromatic rings. The summed E-state index contributed by atoms with van der Waals surface area (Å²) in [5, 5.41) is 0.265. The van der Waals surface area contributed by atoms with Gasteiger partial charge in [0, 0.05) is 5.56 Å². The molecule has 0 saturated heterocycles. The molecule has 0 spiro atoms. The third kappa shape index (κ3) is 3.36.